The number of rotatable bonds is 6. The molecule has 1 unspecified atom stereocenters. The van der Waals surface area contributed by atoms with Crippen LogP contribution in [0, 0.1) is 11.8 Å². The lowest BCUT2D eigenvalue weighted by atomic mass is 9.98. The first-order valence-electron chi connectivity index (χ1n) is 6.62. The van der Waals surface area contributed by atoms with Gasteiger partial charge in [0.2, 0.25) is 0 Å². The number of aromatic nitrogens is 1. The van der Waals surface area contributed by atoms with Crippen LogP contribution in [0.4, 0.5) is 10.9 Å². The summed E-state index contributed by atoms with van der Waals surface area (Å²) in [6, 6.07) is 0. The normalized spacial score (nSPS) is 12.5. The molecular weight excluding hydrogens is 260 g/mol. The summed E-state index contributed by atoms with van der Waals surface area (Å²) in [7, 11) is 1.93. The highest BCUT2D eigenvalue weighted by Gasteiger charge is 2.18. The molecule has 0 saturated heterocycles. The van der Waals surface area contributed by atoms with Crippen LogP contribution in [0.25, 0.3) is 0 Å². The van der Waals surface area contributed by atoms with Gasteiger partial charge in [-0.05, 0) is 18.8 Å². The van der Waals surface area contributed by atoms with E-state index in [4.69, 9.17) is 5.73 Å². The highest BCUT2D eigenvalue weighted by molar-refractivity contribution is 7.18. The number of thiazole rings is 1. The zero-order chi connectivity index (χ0) is 14.6. The molecule has 108 valence electrons. The van der Waals surface area contributed by atoms with Crippen LogP contribution in [0.1, 0.15) is 37.4 Å². The minimum atomic E-state index is -0.127. The predicted octanol–water partition coefficient (Wildman–Crippen LogP) is 2.20. The van der Waals surface area contributed by atoms with Crippen molar-refractivity contribution in [2.24, 2.45) is 11.8 Å². The maximum atomic E-state index is 12.1. The van der Waals surface area contributed by atoms with Crippen LogP contribution in [0.2, 0.25) is 0 Å². The smallest absolute Gasteiger partial charge is 0.265 e. The van der Waals surface area contributed by atoms with Crippen LogP contribution in [-0.2, 0) is 0 Å². The SMILES string of the molecule is CCN(C)c1nc(N)c(C(=O)NCC(C)C(C)C)s1. The molecule has 0 aliphatic rings. The van der Waals surface area contributed by atoms with Gasteiger partial charge in [0, 0.05) is 20.1 Å². The molecule has 1 aromatic rings. The summed E-state index contributed by atoms with van der Waals surface area (Å²) in [5.41, 5.74) is 5.81. The molecule has 0 radical (unpaired) electrons. The Bertz CT molecular complexity index is 430. The number of carbonyl (C=O) groups excluding carboxylic acids is 1. The maximum Gasteiger partial charge on any atom is 0.265 e. The van der Waals surface area contributed by atoms with Crippen LogP contribution in [0.3, 0.4) is 0 Å². The lowest BCUT2D eigenvalue weighted by molar-refractivity contribution is 0.0949. The average molecular weight is 284 g/mol. The summed E-state index contributed by atoms with van der Waals surface area (Å²) in [6.07, 6.45) is 0. The lowest BCUT2D eigenvalue weighted by Gasteiger charge is -2.15. The maximum absolute atomic E-state index is 12.1. The van der Waals surface area contributed by atoms with E-state index >= 15 is 0 Å². The summed E-state index contributed by atoms with van der Waals surface area (Å²) in [5.74, 6) is 1.17. The molecule has 3 N–H and O–H groups in total. The van der Waals surface area contributed by atoms with E-state index < -0.39 is 0 Å². The number of nitrogens with two attached hydrogens (primary N) is 1. The molecular formula is C13H24N4OS. The molecule has 5 nitrogen and oxygen atoms in total. The van der Waals surface area contributed by atoms with E-state index in [2.05, 4.69) is 31.1 Å². The second kappa shape index (κ2) is 6.75. The first-order chi connectivity index (χ1) is 8.86. The van der Waals surface area contributed by atoms with Gasteiger partial charge in [-0.1, -0.05) is 32.1 Å². The van der Waals surface area contributed by atoms with Crippen LogP contribution in [-0.4, -0.2) is 31.0 Å². The van der Waals surface area contributed by atoms with E-state index in [9.17, 15) is 4.79 Å². The molecule has 6 heteroatoms. The van der Waals surface area contributed by atoms with Crippen molar-refractivity contribution in [3.05, 3.63) is 4.88 Å². The minimum absolute atomic E-state index is 0.127. The monoisotopic (exact) mass is 284 g/mol. The number of anilines is 2. The number of hydrogen-bond acceptors (Lipinski definition) is 5. The molecule has 1 rings (SSSR count). The average Bonchev–Trinajstić information content (AvgIpc) is 2.76. The Morgan fingerprint density at radius 3 is 2.63 bits per heavy atom. The van der Waals surface area contributed by atoms with Crippen molar-refractivity contribution < 1.29 is 4.79 Å². The summed E-state index contributed by atoms with van der Waals surface area (Å²) < 4.78 is 0. The molecule has 0 spiro atoms. The summed E-state index contributed by atoms with van der Waals surface area (Å²) >= 11 is 1.34. The van der Waals surface area contributed by atoms with Crippen molar-refractivity contribution in [2.75, 3.05) is 30.8 Å². The molecule has 0 fully saturated rings. The van der Waals surface area contributed by atoms with Gasteiger partial charge in [0.25, 0.3) is 5.91 Å². The Morgan fingerprint density at radius 2 is 2.11 bits per heavy atom. The van der Waals surface area contributed by atoms with Gasteiger partial charge in [0.15, 0.2) is 5.13 Å². The van der Waals surface area contributed by atoms with Gasteiger partial charge in [0.1, 0.15) is 10.7 Å². The first kappa shape index (κ1) is 15.8. The number of hydrogen-bond donors (Lipinski definition) is 2. The molecule has 1 amide bonds. The van der Waals surface area contributed by atoms with Gasteiger partial charge < -0.3 is 16.0 Å². The van der Waals surface area contributed by atoms with Crippen LogP contribution in [0.5, 0.6) is 0 Å². The summed E-state index contributed by atoms with van der Waals surface area (Å²) in [6.45, 7) is 9.93. The van der Waals surface area contributed by atoms with Gasteiger partial charge >= 0.3 is 0 Å². The predicted molar refractivity (Wildman–Crippen MR) is 81.8 cm³/mol. The summed E-state index contributed by atoms with van der Waals surface area (Å²) in [5, 5.41) is 3.70. The molecule has 0 saturated carbocycles. The van der Waals surface area contributed by atoms with E-state index in [1.807, 2.05) is 18.9 Å². The van der Waals surface area contributed by atoms with E-state index in [1.54, 1.807) is 0 Å². The number of nitrogen functional groups attached to an aromatic ring is 1. The van der Waals surface area contributed by atoms with Crippen molar-refractivity contribution in [2.45, 2.75) is 27.7 Å². The van der Waals surface area contributed by atoms with Crippen molar-refractivity contribution in [3.8, 4) is 0 Å². The highest BCUT2D eigenvalue weighted by atomic mass is 32.1. The molecule has 1 aromatic heterocycles. The molecule has 0 aromatic carbocycles. The van der Waals surface area contributed by atoms with E-state index in [-0.39, 0.29) is 5.91 Å². The fraction of sp³-hybridized carbons (Fsp3) is 0.692. The molecule has 0 bridgehead atoms. The molecule has 1 heterocycles. The van der Waals surface area contributed by atoms with E-state index in [0.29, 0.717) is 29.1 Å². The van der Waals surface area contributed by atoms with Crippen molar-refractivity contribution >= 4 is 28.2 Å². The van der Waals surface area contributed by atoms with Gasteiger partial charge in [-0.25, -0.2) is 4.98 Å². The second-order valence-electron chi connectivity index (χ2n) is 5.16. The largest absolute Gasteiger partial charge is 0.382 e. The Hall–Kier alpha value is -1.30. The third-order valence-electron chi connectivity index (χ3n) is 3.37. The van der Waals surface area contributed by atoms with Gasteiger partial charge in [0.05, 0.1) is 0 Å². The van der Waals surface area contributed by atoms with Crippen LogP contribution < -0.4 is 16.0 Å². The Kier molecular flexibility index (Phi) is 5.60. The number of nitrogens with one attached hydrogen (secondary N) is 1. The molecule has 1 atom stereocenters. The third kappa shape index (κ3) is 4.09. The topological polar surface area (TPSA) is 71.2 Å². The quantitative estimate of drug-likeness (QED) is 0.840. The van der Waals surface area contributed by atoms with Crippen molar-refractivity contribution in [1.82, 2.24) is 10.3 Å². The van der Waals surface area contributed by atoms with Crippen LogP contribution >= 0.6 is 11.3 Å². The Morgan fingerprint density at radius 1 is 1.47 bits per heavy atom. The molecule has 0 aliphatic heterocycles. The van der Waals surface area contributed by atoms with Gasteiger partial charge in [-0.3, -0.25) is 4.79 Å². The first-order valence-corrected chi connectivity index (χ1v) is 7.44. The Labute approximate surface area is 119 Å². The molecule has 0 aliphatic carbocycles. The zero-order valence-electron chi connectivity index (χ0n) is 12.4. The van der Waals surface area contributed by atoms with Crippen molar-refractivity contribution in [3.63, 3.8) is 0 Å². The highest BCUT2D eigenvalue weighted by Crippen LogP contribution is 2.27. The number of amides is 1. The Balaban J connectivity index is 2.69. The van der Waals surface area contributed by atoms with E-state index in [1.165, 1.54) is 11.3 Å². The van der Waals surface area contributed by atoms with Gasteiger partial charge in [-0.2, -0.15) is 0 Å². The summed E-state index contributed by atoms with van der Waals surface area (Å²) in [4.78, 5) is 18.8. The number of carbonyl (C=O) groups is 1. The van der Waals surface area contributed by atoms with Crippen molar-refractivity contribution in [1.29, 1.82) is 0 Å². The standard InChI is InChI=1S/C13H24N4OS/c1-6-17(5)13-16-11(14)10(19-13)12(18)15-7-9(4)8(2)3/h8-9H,6-7,14H2,1-5H3,(H,15,18). The number of nitrogens with zero attached hydrogens (tertiary/aromatic N) is 2. The van der Waals surface area contributed by atoms with E-state index in [0.717, 1.165) is 11.7 Å². The lowest BCUT2D eigenvalue weighted by Crippen LogP contribution is -2.30. The van der Waals surface area contributed by atoms with Crippen LogP contribution in [0.15, 0.2) is 0 Å². The fourth-order valence-electron chi connectivity index (χ4n) is 1.35. The zero-order valence-corrected chi connectivity index (χ0v) is 13.2. The van der Waals surface area contributed by atoms with Gasteiger partial charge in [-0.15, -0.1) is 0 Å². The third-order valence-corrected chi connectivity index (χ3v) is 4.56. The minimum Gasteiger partial charge on any atom is -0.382 e. The molecule has 19 heavy (non-hydrogen) atoms. The second-order valence-corrected chi connectivity index (χ2v) is 6.13. The fourth-order valence-corrected chi connectivity index (χ4v) is 2.28.